The van der Waals surface area contributed by atoms with Crippen LogP contribution >= 0.6 is 15.6 Å². The number of carbonyl (C=O) groups excluding carboxylic acids is 4. The van der Waals surface area contributed by atoms with E-state index in [9.17, 15) is 43.2 Å². The summed E-state index contributed by atoms with van der Waals surface area (Å²) in [5, 5.41) is 10.6. The molecule has 0 aromatic heterocycles. The number of phosphoric ester groups is 2. The molecule has 0 radical (unpaired) electrons. The number of ether oxygens (including phenoxy) is 4. The van der Waals surface area contributed by atoms with Crippen LogP contribution in [0.2, 0.25) is 0 Å². The van der Waals surface area contributed by atoms with Crippen molar-refractivity contribution in [3.63, 3.8) is 0 Å². The standard InChI is InChI=1S/C85H146O17P2/c1-5-9-13-17-21-25-29-33-37-39-43-46-50-54-58-62-66-70-83(88)96-76-81(102-85(90)72-68-64-60-56-52-48-44-40-38-34-30-26-22-18-14-10-6-2)78-100-104(93,94)98-74-79(86)73-97-103(91,92)99-77-80(101-84(89)71-67-63-59-55-51-47-42-36-32-28-24-20-16-12-8-4)75-95-82(87)69-65-61-57-53-49-45-41-35-31-27-23-19-15-11-7-3/h21-22,25-28,31-34,37-38,43-44,46,48,54,56,58,60,79-81,86H,5-20,23-24,29-30,35-36,39-42,45,47,49-53,55,57,59,61-78H2,1-4H3,(H,91,92)(H,93,94)/b25-21-,26-22-,31-27-,32-28-,37-33-,38-34-,46-43-,48-44-,58-54-,60-56-/t79?,80-,81-/m1/s1. The maximum absolute atomic E-state index is 13.1. The summed E-state index contributed by atoms with van der Waals surface area (Å²) in [5.41, 5.74) is 0. The lowest BCUT2D eigenvalue weighted by molar-refractivity contribution is -0.161. The number of rotatable bonds is 76. The Bertz CT molecular complexity index is 2440. The predicted molar refractivity (Wildman–Crippen MR) is 427 cm³/mol. The molecule has 0 aliphatic heterocycles. The van der Waals surface area contributed by atoms with Gasteiger partial charge in [-0.05, 0) is 154 Å². The third kappa shape index (κ3) is 75.7. The number of hydrogen-bond donors (Lipinski definition) is 3. The van der Waals surface area contributed by atoms with Crippen molar-refractivity contribution in [1.82, 2.24) is 0 Å². The fourth-order valence-corrected chi connectivity index (χ4v) is 12.2. The van der Waals surface area contributed by atoms with E-state index in [4.69, 9.17) is 37.0 Å². The van der Waals surface area contributed by atoms with Crippen molar-refractivity contribution < 1.29 is 80.2 Å². The lowest BCUT2D eigenvalue weighted by Crippen LogP contribution is -2.30. The smallest absolute Gasteiger partial charge is 0.462 e. The molecule has 0 saturated heterocycles. The van der Waals surface area contributed by atoms with Crippen molar-refractivity contribution in [2.24, 2.45) is 0 Å². The second kappa shape index (κ2) is 76.6. The summed E-state index contributed by atoms with van der Waals surface area (Å²) in [4.78, 5) is 73.0. The van der Waals surface area contributed by atoms with E-state index in [0.717, 1.165) is 141 Å². The number of unbranched alkanes of at least 4 members (excludes halogenated alkanes) is 30. The predicted octanol–water partition coefficient (Wildman–Crippen LogP) is 23.9. The van der Waals surface area contributed by atoms with Gasteiger partial charge in [0, 0.05) is 25.7 Å². The first kappa shape index (κ1) is 99.5. The van der Waals surface area contributed by atoms with E-state index in [-0.39, 0.29) is 25.7 Å². The summed E-state index contributed by atoms with van der Waals surface area (Å²) in [7, 11) is -9.99. The van der Waals surface area contributed by atoms with Crippen molar-refractivity contribution in [2.45, 2.75) is 354 Å². The Morgan fingerprint density at radius 2 is 0.481 bits per heavy atom. The molecule has 0 aromatic carbocycles. The molecule has 19 heteroatoms. The third-order valence-electron chi connectivity index (χ3n) is 16.9. The minimum atomic E-state index is -5.01. The van der Waals surface area contributed by atoms with Gasteiger partial charge in [0.2, 0.25) is 0 Å². The van der Waals surface area contributed by atoms with Crippen LogP contribution in [0.1, 0.15) is 336 Å². The molecule has 104 heavy (non-hydrogen) atoms. The fourth-order valence-electron chi connectivity index (χ4n) is 10.6. The van der Waals surface area contributed by atoms with Crippen molar-refractivity contribution >= 4 is 39.5 Å². The molecular formula is C85H146O17P2. The van der Waals surface area contributed by atoms with E-state index in [0.29, 0.717) is 38.5 Å². The second-order valence-electron chi connectivity index (χ2n) is 27.0. The molecule has 0 heterocycles. The highest BCUT2D eigenvalue weighted by molar-refractivity contribution is 7.47. The number of allylic oxidation sites excluding steroid dienone is 20. The number of phosphoric acid groups is 2. The topological polar surface area (TPSA) is 237 Å². The average Bonchev–Trinajstić information content (AvgIpc) is 0.926. The Hall–Kier alpha value is -4.54. The Balaban J connectivity index is 5.47. The summed E-state index contributed by atoms with van der Waals surface area (Å²) in [5.74, 6) is -2.31. The van der Waals surface area contributed by atoms with Crippen molar-refractivity contribution in [1.29, 1.82) is 0 Å². The molecule has 0 aliphatic carbocycles. The lowest BCUT2D eigenvalue weighted by atomic mass is 10.1. The van der Waals surface area contributed by atoms with Crippen LogP contribution in [0, 0.1) is 0 Å². The monoisotopic (exact) mass is 1500 g/mol. The molecular weight excluding hydrogens is 1350 g/mol. The SMILES string of the molecule is CCCCC/C=C\C/C=C\C/C=C\C/C=C\CCCC(=O)OC[C@H](COP(=O)(O)OCC(O)COP(=O)(O)OC[C@@H](COC(=O)CCCCCCCCC/C=C\CCCCCC)OC(=O)CCCCCCCCC/C=C\CCCCCC)OC(=O)CCC/C=C\C/C=C\C/C=C\C/C=C\CCCCC. The number of esters is 4. The summed E-state index contributed by atoms with van der Waals surface area (Å²) in [6.45, 7) is 4.69. The largest absolute Gasteiger partial charge is 0.472 e. The Kier molecular flexibility index (Phi) is 73.3. The Morgan fingerprint density at radius 1 is 0.269 bits per heavy atom. The molecule has 0 saturated carbocycles. The van der Waals surface area contributed by atoms with Gasteiger partial charge in [-0.25, -0.2) is 9.13 Å². The van der Waals surface area contributed by atoms with Gasteiger partial charge in [-0.2, -0.15) is 0 Å². The van der Waals surface area contributed by atoms with Gasteiger partial charge < -0.3 is 33.8 Å². The van der Waals surface area contributed by atoms with Gasteiger partial charge in [-0.3, -0.25) is 37.3 Å². The third-order valence-corrected chi connectivity index (χ3v) is 18.8. The highest BCUT2D eigenvalue weighted by Crippen LogP contribution is 2.45. The highest BCUT2D eigenvalue weighted by Gasteiger charge is 2.30. The van der Waals surface area contributed by atoms with Crippen molar-refractivity contribution in [3.8, 4) is 0 Å². The van der Waals surface area contributed by atoms with Crippen LogP contribution in [-0.4, -0.2) is 96.7 Å². The van der Waals surface area contributed by atoms with E-state index in [2.05, 4.69) is 125 Å². The molecule has 598 valence electrons. The van der Waals surface area contributed by atoms with Crippen LogP contribution in [0.25, 0.3) is 0 Å². The zero-order valence-electron chi connectivity index (χ0n) is 65.4. The number of carbonyl (C=O) groups is 4. The van der Waals surface area contributed by atoms with Crippen LogP contribution in [0.15, 0.2) is 122 Å². The summed E-state index contributed by atoms with van der Waals surface area (Å²) >= 11 is 0. The quantitative estimate of drug-likeness (QED) is 0.0169. The summed E-state index contributed by atoms with van der Waals surface area (Å²) < 4.78 is 68.5. The number of aliphatic hydroxyl groups is 1. The molecule has 0 spiro atoms. The van der Waals surface area contributed by atoms with Gasteiger partial charge in [0.25, 0.3) is 0 Å². The molecule has 0 rings (SSSR count). The van der Waals surface area contributed by atoms with Crippen LogP contribution in [0.5, 0.6) is 0 Å². The van der Waals surface area contributed by atoms with Gasteiger partial charge >= 0.3 is 39.5 Å². The summed E-state index contributed by atoms with van der Waals surface area (Å²) in [6.07, 6.45) is 84.7. The highest BCUT2D eigenvalue weighted by atomic mass is 31.2. The van der Waals surface area contributed by atoms with Crippen LogP contribution < -0.4 is 0 Å². The summed E-state index contributed by atoms with van der Waals surface area (Å²) in [6, 6.07) is 0. The van der Waals surface area contributed by atoms with E-state index in [1.807, 2.05) is 24.3 Å². The van der Waals surface area contributed by atoms with Crippen LogP contribution in [0.4, 0.5) is 0 Å². The van der Waals surface area contributed by atoms with E-state index < -0.39 is 97.5 Å². The maximum atomic E-state index is 13.1. The fraction of sp³-hybridized carbons (Fsp3) is 0.718. The average molecular weight is 1500 g/mol. The van der Waals surface area contributed by atoms with Crippen LogP contribution in [0.3, 0.4) is 0 Å². The molecule has 0 bridgehead atoms. The minimum Gasteiger partial charge on any atom is -0.462 e. The van der Waals surface area contributed by atoms with E-state index in [1.54, 1.807) is 0 Å². The van der Waals surface area contributed by atoms with Crippen LogP contribution in [-0.2, 0) is 65.4 Å². The number of hydrogen-bond acceptors (Lipinski definition) is 15. The van der Waals surface area contributed by atoms with E-state index >= 15 is 0 Å². The minimum absolute atomic E-state index is 0.00546. The van der Waals surface area contributed by atoms with Gasteiger partial charge in [0.15, 0.2) is 12.2 Å². The van der Waals surface area contributed by atoms with Crippen molar-refractivity contribution in [2.75, 3.05) is 39.6 Å². The molecule has 3 N–H and O–H groups in total. The molecule has 3 unspecified atom stereocenters. The van der Waals surface area contributed by atoms with Gasteiger partial charge in [-0.1, -0.05) is 278 Å². The lowest BCUT2D eigenvalue weighted by Gasteiger charge is -2.21. The van der Waals surface area contributed by atoms with Gasteiger partial charge in [0.05, 0.1) is 26.4 Å². The van der Waals surface area contributed by atoms with Gasteiger partial charge in [-0.15, -0.1) is 0 Å². The Morgan fingerprint density at radius 3 is 0.798 bits per heavy atom. The molecule has 0 aromatic rings. The Labute approximate surface area is 632 Å². The number of aliphatic hydroxyl groups excluding tert-OH is 1. The maximum Gasteiger partial charge on any atom is 0.472 e. The first-order chi connectivity index (χ1) is 50.7. The molecule has 0 fully saturated rings. The second-order valence-corrected chi connectivity index (χ2v) is 29.9. The van der Waals surface area contributed by atoms with Crippen molar-refractivity contribution in [3.05, 3.63) is 122 Å². The zero-order chi connectivity index (χ0) is 76.0. The zero-order valence-corrected chi connectivity index (χ0v) is 67.2. The van der Waals surface area contributed by atoms with Gasteiger partial charge in [0.1, 0.15) is 19.3 Å². The van der Waals surface area contributed by atoms with E-state index in [1.165, 1.54) is 103 Å². The molecule has 0 amide bonds. The molecule has 17 nitrogen and oxygen atoms in total. The normalized spacial score (nSPS) is 14.5. The molecule has 5 atom stereocenters. The molecule has 0 aliphatic rings. The first-order valence-corrected chi connectivity index (χ1v) is 43.8. The first-order valence-electron chi connectivity index (χ1n) is 40.8.